The number of rotatable bonds is 4. The largest absolute Gasteiger partial charge is 0.346 e. The van der Waals surface area contributed by atoms with Crippen LogP contribution in [0.2, 0.25) is 0 Å². The summed E-state index contributed by atoms with van der Waals surface area (Å²) < 4.78 is 0. The molecule has 1 saturated heterocycles. The molecule has 2 aliphatic rings. The van der Waals surface area contributed by atoms with Gasteiger partial charge in [0.15, 0.2) is 0 Å². The van der Waals surface area contributed by atoms with Crippen LogP contribution in [0.1, 0.15) is 18.9 Å². The second kappa shape index (κ2) is 5.85. The molecule has 1 fully saturated rings. The summed E-state index contributed by atoms with van der Waals surface area (Å²) in [6, 6.07) is 7.90. The summed E-state index contributed by atoms with van der Waals surface area (Å²) in [4.78, 5) is 28.2. The van der Waals surface area contributed by atoms with E-state index in [4.69, 9.17) is 0 Å². The van der Waals surface area contributed by atoms with Gasteiger partial charge in [-0.05, 0) is 31.0 Å². The van der Waals surface area contributed by atoms with Crippen LogP contribution in [0.25, 0.3) is 0 Å². The molecule has 5 nitrogen and oxygen atoms in total. The molecule has 1 aromatic carbocycles. The molecule has 112 valence electrons. The van der Waals surface area contributed by atoms with E-state index in [0.717, 1.165) is 31.6 Å². The fraction of sp³-hybridized carbons (Fsp3) is 0.500. The second-order valence-corrected chi connectivity index (χ2v) is 5.57. The molecule has 0 saturated carbocycles. The summed E-state index contributed by atoms with van der Waals surface area (Å²) in [6.45, 7) is 4.69. The summed E-state index contributed by atoms with van der Waals surface area (Å²) in [5.74, 6) is -0.0559. The molecule has 2 aliphatic heterocycles. The van der Waals surface area contributed by atoms with Gasteiger partial charge in [-0.15, -0.1) is 0 Å². The molecule has 1 unspecified atom stereocenters. The zero-order valence-electron chi connectivity index (χ0n) is 12.3. The minimum Gasteiger partial charge on any atom is -0.346 e. The van der Waals surface area contributed by atoms with Crippen LogP contribution in [0.3, 0.4) is 0 Å². The number of likely N-dealkylation sites (tertiary alicyclic amines) is 1. The number of nitrogens with zero attached hydrogens (tertiary/aromatic N) is 2. The topological polar surface area (TPSA) is 52.7 Å². The van der Waals surface area contributed by atoms with E-state index in [1.54, 1.807) is 4.90 Å². The average molecular weight is 287 g/mol. The first-order valence-corrected chi connectivity index (χ1v) is 7.60. The maximum atomic E-state index is 12.3. The van der Waals surface area contributed by atoms with Gasteiger partial charge in [0, 0.05) is 18.8 Å². The van der Waals surface area contributed by atoms with Gasteiger partial charge in [0.05, 0.1) is 12.6 Å². The molecule has 2 amide bonds. The highest BCUT2D eigenvalue weighted by Crippen LogP contribution is 2.27. The Kier molecular flexibility index (Phi) is 3.92. The summed E-state index contributed by atoms with van der Waals surface area (Å²) in [7, 11) is 0. The van der Waals surface area contributed by atoms with E-state index in [-0.39, 0.29) is 24.4 Å². The van der Waals surface area contributed by atoms with Crippen LogP contribution in [0.5, 0.6) is 0 Å². The third-order valence-electron chi connectivity index (χ3n) is 4.44. The van der Waals surface area contributed by atoms with Crippen molar-refractivity contribution in [3.63, 3.8) is 0 Å². The predicted octanol–water partition coefficient (Wildman–Crippen LogP) is 0.786. The van der Waals surface area contributed by atoms with E-state index < -0.39 is 0 Å². The van der Waals surface area contributed by atoms with E-state index in [2.05, 4.69) is 16.3 Å². The number of amides is 2. The lowest BCUT2D eigenvalue weighted by Gasteiger charge is -2.38. The van der Waals surface area contributed by atoms with Crippen molar-refractivity contribution in [3.05, 3.63) is 29.8 Å². The quantitative estimate of drug-likeness (QED) is 0.890. The van der Waals surface area contributed by atoms with Gasteiger partial charge in [0.25, 0.3) is 0 Å². The molecule has 0 aromatic heterocycles. The van der Waals surface area contributed by atoms with Gasteiger partial charge in [-0.2, -0.15) is 0 Å². The summed E-state index contributed by atoms with van der Waals surface area (Å²) >= 11 is 0. The molecular weight excluding hydrogens is 266 g/mol. The zero-order valence-corrected chi connectivity index (χ0v) is 12.3. The number of nitrogens with one attached hydrogen (secondary N) is 1. The van der Waals surface area contributed by atoms with Crippen molar-refractivity contribution in [1.29, 1.82) is 0 Å². The molecule has 2 heterocycles. The number of carbonyl (C=O) groups excluding carboxylic acids is 2. The van der Waals surface area contributed by atoms with Crippen molar-refractivity contribution in [3.8, 4) is 0 Å². The van der Waals surface area contributed by atoms with Crippen molar-refractivity contribution >= 4 is 17.5 Å². The van der Waals surface area contributed by atoms with Crippen LogP contribution in [0.15, 0.2) is 24.3 Å². The van der Waals surface area contributed by atoms with Crippen molar-refractivity contribution in [2.24, 2.45) is 0 Å². The van der Waals surface area contributed by atoms with Gasteiger partial charge in [-0.1, -0.05) is 25.1 Å². The fourth-order valence-electron chi connectivity index (χ4n) is 3.09. The monoisotopic (exact) mass is 287 g/mol. The molecule has 0 aliphatic carbocycles. The summed E-state index contributed by atoms with van der Waals surface area (Å²) in [5.41, 5.74) is 2.18. The highest BCUT2D eigenvalue weighted by molar-refractivity contribution is 5.98. The summed E-state index contributed by atoms with van der Waals surface area (Å²) in [5, 5.41) is 2.78. The maximum Gasteiger partial charge on any atom is 0.246 e. The summed E-state index contributed by atoms with van der Waals surface area (Å²) in [6.07, 6.45) is 1.78. The van der Waals surface area contributed by atoms with Gasteiger partial charge in [-0.3, -0.25) is 14.5 Å². The lowest BCUT2D eigenvalue weighted by Crippen LogP contribution is -2.56. The van der Waals surface area contributed by atoms with Gasteiger partial charge >= 0.3 is 0 Å². The van der Waals surface area contributed by atoms with Crippen molar-refractivity contribution in [2.45, 2.75) is 25.8 Å². The average Bonchev–Trinajstić information content (AvgIpc) is 2.88. The molecule has 3 rings (SSSR count). The Hall–Kier alpha value is -1.88. The highest BCUT2D eigenvalue weighted by Gasteiger charge is 2.33. The Morgan fingerprint density at radius 2 is 2.10 bits per heavy atom. The number of likely N-dealkylation sites (N-methyl/N-ethyl adjacent to an activating group) is 1. The van der Waals surface area contributed by atoms with E-state index in [1.807, 2.05) is 25.1 Å². The first-order chi connectivity index (χ1) is 10.2. The first kappa shape index (κ1) is 14.1. The van der Waals surface area contributed by atoms with Crippen LogP contribution in [0.4, 0.5) is 5.69 Å². The Morgan fingerprint density at radius 3 is 2.81 bits per heavy atom. The standard InChI is InChI=1S/C16H21N3O2/c1-2-18-9-8-14(18)16(21)17-11-15(20)19-10-7-12-5-3-4-6-13(12)19/h3-6,14H,2,7-11H2,1H3,(H,17,21). The third-order valence-corrected chi connectivity index (χ3v) is 4.44. The lowest BCUT2D eigenvalue weighted by molar-refractivity contribution is -0.132. The van der Waals surface area contributed by atoms with Gasteiger partial charge in [0.1, 0.15) is 0 Å². The molecule has 1 atom stereocenters. The van der Waals surface area contributed by atoms with E-state index >= 15 is 0 Å². The fourth-order valence-corrected chi connectivity index (χ4v) is 3.09. The van der Waals surface area contributed by atoms with Crippen LogP contribution >= 0.6 is 0 Å². The smallest absolute Gasteiger partial charge is 0.246 e. The molecular formula is C16H21N3O2. The minimum absolute atomic E-state index is 0.0241. The van der Waals surface area contributed by atoms with Crippen LogP contribution in [-0.2, 0) is 16.0 Å². The SMILES string of the molecule is CCN1CCC1C(=O)NCC(=O)N1CCc2ccccc21. The Balaban J connectivity index is 1.55. The lowest BCUT2D eigenvalue weighted by atomic mass is 10.0. The van der Waals surface area contributed by atoms with Crippen LogP contribution in [-0.4, -0.2) is 48.9 Å². The Labute approximate surface area is 124 Å². The Bertz CT molecular complexity index is 556. The molecule has 1 N–H and O–H groups in total. The number of anilines is 1. The molecule has 0 spiro atoms. The number of carbonyl (C=O) groups is 2. The normalized spacial score (nSPS) is 20.8. The molecule has 0 radical (unpaired) electrons. The van der Waals surface area contributed by atoms with Gasteiger partial charge < -0.3 is 10.2 Å². The molecule has 5 heteroatoms. The third kappa shape index (κ3) is 2.65. The molecule has 0 bridgehead atoms. The van der Waals surface area contributed by atoms with Crippen molar-refractivity contribution < 1.29 is 9.59 Å². The number of hydrogen-bond acceptors (Lipinski definition) is 3. The van der Waals surface area contributed by atoms with E-state index in [9.17, 15) is 9.59 Å². The van der Waals surface area contributed by atoms with Crippen molar-refractivity contribution in [1.82, 2.24) is 10.2 Å². The Morgan fingerprint density at radius 1 is 1.29 bits per heavy atom. The van der Waals surface area contributed by atoms with E-state index in [0.29, 0.717) is 6.54 Å². The van der Waals surface area contributed by atoms with E-state index in [1.165, 1.54) is 5.56 Å². The number of para-hydroxylation sites is 1. The predicted molar refractivity (Wildman–Crippen MR) is 81.2 cm³/mol. The van der Waals surface area contributed by atoms with Gasteiger partial charge in [0.2, 0.25) is 11.8 Å². The molecule has 21 heavy (non-hydrogen) atoms. The number of fused-ring (bicyclic) bond motifs is 1. The highest BCUT2D eigenvalue weighted by atomic mass is 16.2. The maximum absolute atomic E-state index is 12.3. The minimum atomic E-state index is -0.0475. The van der Waals surface area contributed by atoms with Gasteiger partial charge in [-0.25, -0.2) is 0 Å². The number of hydrogen-bond donors (Lipinski definition) is 1. The van der Waals surface area contributed by atoms with Crippen LogP contribution in [0, 0.1) is 0 Å². The number of benzene rings is 1. The zero-order chi connectivity index (χ0) is 14.8. The second-order valence-electron chi connectivity index (χ2n) is 5.57. The van der Waals surface area contributed by atoms with Crippen LogP contribution < -0.4 is 10.2 Å². The molecule has 1 aromatic rings. The van der Waals surface area contributed by atoms with Crippen molar-refractivity contribution in [2.75, 3.05) is 31.1 Å². The first-order valence-electron chi connectivity index (χ1n) is 7.60.